The molecule has 12 heteroatoms. The molecule has 1 aliphatic carbocycles. The number of anilines is 2. The Hall–Kier alpha value is -3.54. The summed E-state index contributed by atoms with van der Waals surface area (Å²) in [7, 11) is -3.04. The van der Waals surface area contributed by atoms with Gasteiger partial charge in [0.15, 0.2) is 9.84 Å². The number of aromatic nitrogens is 3. The molecule has 3 heterocycles. The number of sulfone groups is 1. The van der Waals surface area contributed by atoms with Gasteiger partial charge < -0.3 is 14.8 Å². The molecule has 2 aromatic heterocycles. The summed E-state index contributed by atoms with van der Waals surface area (Å²) in [5, 5.41) is 5.90. The summed E-state index contributed by atoms with van der Waals surface area (Å²) >= 11 is 0. The number of benzene rings is 1. The van der Waals surface area contributed by atoms with Crippen LogP contribution in [0.1, 0.15) is 55.9 Å². The third-order valence-corrected chi connectivity index (χ3v) is 9.03. The number of carbonyl (C=O) groups excluding carboxylic acids is 2. The van der Waals surface area contributed by atoms with Crippen molar-refractivity contribution in [2.75, 3.05) is 34.8 Å². The fourth-order valence-electron chi connectivity index (χ4n) is 5.33. The SMILES string of the molecule is CC(C)NC(=O)C1CCC(n2c(NC(=O)c3ccc(F)cc3)nc3cnc(N4CCS(=O)(=O)CC4)cc32)CC1. The van der Waals surface area contributed by atoms with Gasteiger partial charge in [-0.3, -0.25) is 14.9 Å². The van der Waals surface area contributed by atoms with Gasteiger partial charge in [-0.05, 0) is 63.8 Å². The summed E-state index contributed by atoms with van der Waals surface area (Å²) in [5.74, 6) is 0.320. The summed E-state index contributed by atoms with van der Waals surface area (Å²) in [5.41, 5.74) is 1.67. The predicted molar refractivity (Wildman–Crippen MR) is 147 cm³/mol. The number of nitrogens with zero attached hydrogens (tertiary/aromatic N) is 4. The lowest BCUT2D eigenvalue weighted by Gasteiger charge is -2.31. The van der Waals surface area contributed by atoms with E-state index in [-0.39, 0.29) is 35.4 Å². The first-order valence-electron chi connectivity index (χ1n) is 13.3. The van der Waals surface area contributed by atoms with Gasteiger partial charge in [0.25, 0.3) is 5.91 Å². The van der Waals surface area contributed by atoms with E-state index in [2.05, 4.69) is 20.6 Å². The minimum Gasteiger partial charge on any atom is -0.355 e. The number of carbonyl (C=O) groups is 2. The van der Waals surface area contributed by atoms with Crippen LogP contribution in [0, 0.1) is 11.7 Å². The van der Waals surface area contributed by atoms with Crippen molar-refractivity contribution in [3.63, 3.8) is 0 Å². The first-order valence-corrected chi connectivity index (χ1v) is 15.1. The Morgan fingerprint density at radius 1 is 1.05 bits per heavy atom. The molecule has 2 fully saturated rings. The summed E-state index contributed by atoms with van der Waals surface area (Å²) in [6, 6.07) is 7.26. The van der Waals surface area contributed by atoms with E-state index in [9.17, 15) is 22.4 Å². The van der Waals surface area contributed by atoms with Crippen LogP contribution in [0.5, 0.6) is 0 Å². The maximum absolute atomic E-state index is 13.4. The molecule has 10 nitrogen and oxygen atoms in total. The van der Waals surface area contributed by atoms with Crippen molar-refractivity contribution >= 4 is 44.5 Å². The first-order chi connectivity index (χ1) is 18.6. The van der Waals surface area contributed by atoms with E-state index >= 15 is 0 Å². The fraction of sp³-hybridized carbons (Fsp3) is 0.481. The highest BCUT2D eigenvalue weighted by Gasteiger charge is 2.31. The molecule has 2 N–H and O–H groups in total. The predicted octanol–water partition coefficient (Wildman–Crippen LogP) is 3.31. The number of halogens is 1. The molecule has 39 heavy (non-hydrogen) atoms. The van der Waals surface area contributed by atoms with Gasteiger partial charge in [0.2, 0.25) is 11.9 Å². The molecule has 1 aliphatic heterocycles. The fourth-order valence-corrected chi connectivity index (χ4v) is 6.54. The standard InChI is InChI=1S/C27H33FN6O4S/c1-17(2)30-25(35)19-5-9-21(10-6-19)34-23-15-24(33-11-13-39(37,38)14-12-33)29-16-22(23)31-27(34)32-26(36)18-3-7-20(28)8-4-18/h3-4,7-8,15-17,19,21H,5-6,9-14H2,1-2H3,(H,30,35)(H,31,32,36). The van der Waals surface area contributed by atoms with E-state index in [1.165, 1.54) is 24.3 Å². The quantitative estimate of drug-likeness (QED) is 0.477. The lowest BCUT2D eigenvalue weighted by molar-refractivity contribution is -0.126. The Morgan fingerprint density at radius 2 is 1.72 bits per heavy atom. The van der Waals surface area contributed by atoms with E-state index < -0.39 is 21.6 Å². The number of nitrogens with one attached hydrogen (secondary N) is 2. The van der Waals surface area contributed by atoms with Crippen molar-refractivity contribution in [2.45, 2.75) is 51.6 Å². The first kappa shape index (κ1) is 27.0. The molecule has 208 valence electrons. The summed E-state index contributed by atoms with van der Waals surface area (Å²) in [6.07, 6.45) is 4.49. The van der Waals surface area contributed by atoms with Crippen LogP contribution in [0.15, 0.2) is 36.5 Å². The van der Waals surface area contributed by atoms with Crippen LogP contribution in [0.4, 0.5) is 16.2 Å². The number of rotatable bonds is 6. The molecule has 0 radical (unpaired) electrons. The van der Waals surface area contributed by atoms with Crippen LogP contribution in [0.3, 0.4) is 0 Å². The van der Waals surface area contributed by atoms with Crippen molar-refractivity contribution in [1.29, 1.82) is 0 Å². The van der Waals surface area contributed by atoms with Gasteiger partial charge in [-0.25, -0.2) is 22.8 Å². The maximum Gasteiger partial charge on any atom is 0.257 e. The second-order valence-corrected chi connectivity index (χ2v) is 12.9. The Labute approximate surface area is 226 Å². The van der Waals surface area contributed by atoms with Gasteiger partial charge in [0.05, 0.1) is 23.2 Å². The van der Waals surface area contributed by atoms with Gasteiger partial charge in [-0.1, -0.05) is 0 Å². The maximum atomic E-state index is 13.4. The van der Waals surface area contributed by atoms with Crippen molar-refractivity contribution in [2.24, 2.45) is 5.92 Å². The van der Waals surface area contributed by atoms with E-state index in [1.807, 2.05) is 29.4 Å². The molecule has 1 aromatic carbocycles. The number of hydrogen-bond donors (Lipinski definition) is 2. The van der Waals surface area contributed by atoms with Gasteiger partial charge in [-0.2, -0.15) is 0 Å². The highest BCUT2D eigenvalue weighted by atomic mass is 32.2. The Balaban J connectivity index is 1.46. The highest BCUT2D eigenvalue weighted by molar-refractivity contribution is 7.91. The van der Waals surface area contributed by atoms with Crippen LogP contribution in [-0.2, 0) is 14.6 Å². The van der Waals surface area contributed by atoms with E-state index in [4.69, 9.17) is 0 Å². The zero-order valence-electron chi connectivity index (χ0n) is 22.1. The van der Waals surface area contributed by atoms with Gasteiger partial charge in [0.1, 0.15) is 17.2 Å². The number of imidazole rings is 1. The molecule has 0 unspecified atom stereocenters. The van der Waals surface area contributed by atoms with Crippen molar-refractivity contribution in [3.05, 3.63) is 47.9 Å². The highest BCUT2D eigenvalue weighted by Crippen LogP contribution is 2.37. The molecular weight excluding hydrogens is 523 g/mol. The average molecular weight is 557 g/mol. The molecule has 0 spiro atoms. The van der Waals surface area contributed by atoms with Crippen molar-refractivity contribution in [1.82, 2.24) is 19.9 Å². The minimum atomic E-state index is -3.04. The van der Waals surface area contributed by atoms with Gasteiger partial charge in [-0.15, -0.1) is 0 Å². The lowest BCUT2D eigenvalue weighted by Crippen LogP contribution is -2.40. The smallest absolute Gasteiger partial charge is 0.257 e. The zero-order valence-corrected chi connectivity index (χ0v) is 22.9. The third-order valence-electron chi connectivity index (χ3n) is 7.43. The normalized spacial score (nSPS) is 21.2. The molecule has 2 aliphatic rings. The number of pyridine rings is 1. The molecular formula is C27H33FN6O4S. The third kappa shape index (κ3) is 6.05. The minimum absolute atomic E-state index is 0.0152. The van der Waals surface area contributed by atoms with Crippen LogP contribution in [-0.4, -0.2) is 65.4 Å². The Morgan fingerprint density at radius 3 is 2.36 bits per heavy atom. The van der Waals surface area contributed by atoms with Gasteiger partial charge in [0, 0.05) is 42.7 Å². The second kappa shape index (κ2) is 10.9. The van der Waals surface area contributed by atoms with Crippen LogP contribution >= 0.6 is 0 Å². The molecule has 3 aromatic rings. The van der Waals surface area contributed by atoms with Crippen LogP contribution in [0.25, 0.3) is 11.0 Å². The number of hydrogen-bond acceptors (Lipinski definition) is 7. The monoisotopic (exact) mass is 556 g/mol. The van der Waals surface area contributed by atoms with Crippen LogP contribution in [0.2, 0.25) is 0 Å². The molecule has 1 saturated carbocycles. The van der Waals surface area contributed by atoms with Crippen LogP contribution < -0.4 is 15.5 Å². The largest absolute Gasteiger partial charge is 0.355 e. The Kier molecular flexibility index (Phi) is 7.57. The molecule has 2 amide bonds. The molecule has 0 atom stereocenters. The molecule has 0 bridgehead atoms. The summed E-state index contributed by atoms with van der Waals surface area (Å²) in [6.45, 7) is 4.61. The summed E-state index contributed by atoms with van der Waals surface area (Å²) in [4.78, 5) is 36.8. The molecule has 1 saturated heterocycles. The topological polar surface area (TPSA) is 126 Å². The van der Waals surface area contributed by atoms with E-state index in [1.54, 1.807) is 6.20 Å². The van der Waals surface area contributed by atoms with E-state index in [0.29, 0.717) is 48.8 Å². The second-order valence-electron chi connectivity index (χ2n) is 10.6. The van der Waals surface area contributed by atoms with Gasteiger partial charge >= 0.3 is 0 Å². The number of amides is 2. The summed E-state index contributed by atoms with van der Waals surface area (Å²) < 4.78 is 39.2. The van der Waals surface area contributed by atoms with Crippen molar-refractivity contribution < 1.29 is 22.4 Å². The zero-order chi connectivity index (χ0) is 27.7. The Bertz CT molecular complexity index is 1470. The molecule has 5 rings (SSSR count). The van der Waals surface area contributed by atoms with Crippen molar-refractivity contribution in [3.8, 4) is 0 Å². The van der Waals surface area contributed by atoms with E-state index in [0.717, 1.165) is 18.4 Å². The lowest BCUT2D eigenvalue weighted by atomic mass is 9.85. The average Bonchev–Trinajstić information content (AvgIpc) is 3.25. The number of fused-ring (bicyclic) bond motifs is 1.